The number of aryl methyl sites for hydroxylation is 1. The van der Waals surface area contributed by atoms with Crippen LogP contribution in [0.4, 0.5) is 10.1 Å². The lowest BCUT2D eigenvalue weighted by Crippen LogP contribution is -2.31. The van der Waals surface area contributed by atoms with Crippen molar-refractivity contribution in [3.8, 4) is 5.75 Å². The van der Waals surface area contributed by atoms with E-state index >= 15 is 0 Å². The zero-order valence-corrected chi connectivity index (χ0v) is 14.2. The zero-order valence-electron chi connectivity index (χ0n) is 14.2. The molecule has 0 aliphatic carbocycles. The molecule has 0 aromatic heterocycles. The normalized spacial score (nSPS) is 19.8. The second-order valence-corrected chi connectivity index (χ2v) is 6.45. The molecule has 25 heavy (non-hydrogen) atoms. The molecule has 3 rings (SSSR count). The van der Waals surface area contributed by atoms with Crippen molar-refractivity contribution in [3.05, 3.63) is 59.7 Å². The molecular weight excluding hydrogens is 321 g/mol. The zero-order chi connectivity index (χ0) is 17.8. The van der Waals surface area contributed by atoms with E-state index in [9.17, 15) is 9.18 Å². The number of ether oxygens (including phenoxy) is 1. The minimum atomic E-state index is -0.985. The lowest BCUT2D eigenvalue weighted by molar-refractivity contribution is -0.137. The van der Waals surface area contributed by atoms with Crippen LogP contribution in [0.2, 0.25) is 0 Å². The van der Waals surface area contributed by atoms with Crippen molar-refractivity contribution in [1.82, 2.24) is 0 Å². The number of nitrogens with zero attached hydrogens (tertiary/aromatic N) is 1. The molecule has 1 saturated heterocycles. The van der Waals surface area contributed by atoms with Crippen LogP contribution in [0.5, 0.6) is 5.75 Å². The van der Waals surface area contributed by atoms with Gasteiger partial charge in [-0.05, 0) is 42.3 Å². The van der Waals surface area contributed by atoms with Gasteiger partial charge in [0.2, 0.25) is 0 Å². The van der Waals surface area contributed by atoms with Crippen molar-refractivity contribution < 1.29 is 19.0 Å². The van der Waals surface area contributed by atoms with Crippen LogP contribution < -0.4 is 9.64 Å². The number of anilines is 1. The van der Waals surface area contributed by atoms with Crippen molar-refractivity contribution in [3.63, 3.8) is 0 Å². The third kappa shape index (κ3) is 4.29. The average Bonchev–Trinajstić information content (AvgIpc) is 2.94. The van der Waals surface area contributed by atoms with E-state index in [0.717, 1.165) is 17.0 Å². The van der Waals surface area contributed by atoms with Crippen molar-refractivity contribution >= 4 is 11.7 Å². The molecule has 1 aliphatic heterocycles. The summed E-state index contributed by atoms with van der Waals surface area (Å²) in [6.45, 7) is 2.77. The maximum absolute atomic E-state index is 13.7. The van der Waals surface area contributed by atoms with Gasteiger partial charge in [0.25, 0.3) is 0 Å². The summed E-state index contributed by atoms with van der Waals surface area (Å²) in [6, 6.07) is 15.2. The number of hydrogen-bond acceptors (Lipinski definition) is 3. The van der Waals surface area contributed by atoms with E-state index in [1.54, 1.807) is 0 Å². The second-order valence-electron chi connectivity index (χ2n) is 6.45. The minimum Gasteiger partial charge on any atom is -0.489 e. The molecule has 4 nitrogen and oxygen atoms in total. The summed E-state index contributed by atoms with van der Waals surface area (Å²) in [5, 5.41) is 9.00. The van der Waals surface area contributed by atoms with Crippen LogP contribution in [0, 0.1) is 6.92 Å². The van der Waals surface area contributed by atoms with Crippen LogP contribution in [0.15, 0.2) is 48.5 Å². The Labute approximate surface area is 146 Å². The van der Waals surface area contributed by atoms with Crippen molar-refractivity contribution in [2.75, 3.05) is 11.4 Å². The predicted octanol–water partition coefficient (Wildman–Crippen LogP) is 3.97. The summed E-state index contributed by atoms with van der Waals surface area (Å²) in [6.07, 6.45) is -0.773. The van der Waals surface area contributed by atoms with Crippen molar-refractivity contribution in [2.45, 2.75) is 38.6 Å². The van der Waals surface area contributed by atoms with E-state index < -0.39 is 12.1 Å². The Kier molecular flexibility index (Phi) is 5.22. The first kappa shape index (κ1) is 17.3. The first-order chi connectivity index (χ1) is 12.0. The van der Waals surface area contributed by atoms with E-state index in [1.807, 2.05) is 60.4 Å². The van der Waals surface area contributed by atoms with Gasteiger partial charge in [-0.2, -0.15) is 0 Å². The van der Waals surface area contributed by atoms with Gasteiger partial charge >= 0.3 is 5.97 Å². The highest BCUT2D eigenvalue weighted by Gasteiger charge is 2.33. The van der Waals surface area contributed by atoms with Crippen LogP contribution in [0.3, 0.4) is 0 Å². The molecule has 0 radical (unpaired) electrons. The quantitative estimate of drug-likeness (QED) is 0.862. The smallest absolute Gasteiger partial charge is 0.305 e. The molecule has 132 valence electrons. The van der Waals surface area contributed by atoms with E-state index in [2.05, 4.69) is 0 Å². The molecule has 2 aromatic carbocycles. The minimum absolute atomic E-state index is 0.0496. The Morgan fingerprint density at radius 2 is 1.96 bits per heavy atom. The molecule has 2 aromatic rings. The molecule has 0 saturated carbocycles. The van der Waals surface area contributed by atoms with Crippen LogP contribution >= 0.6 is 0 Å². The Balaban J connectivity index is 1.65. The van der Waals surface area contributed by atoms with E-state index in [4.69, 9.17) is 9.84 Å². The van der Waals surface area contributed by atoms with Crippen LogP contribution in [-0.2, 0) is 11.4 Å². The maximum Gasteiger partial charge on any atom is 0.305 e. The topological polar surface area (TPSA) is 49.8 Å². The summed E-state index contributed by atoms with van der Waals surface area (Å²) < 4.78 is 19.5. The Hall–Kier alpha value is -2.56. The van der Waals surface area contributed by atoms with Crippen LogP contribution in [0.25, 0.3) is 0 Å². The fourth-order valence-electron chi connectivity index (χ4n) is 3.24. The van der Waals surface area contributed by atoms with E-state index in [-0.39, 0.29) is 25.4 Å². The number of carbonyl (C=O) groups is 1. The lowest BCUT2D eigenvalue weighted by atomic mass is 10.1. The number of carboxylic acids is 1. The Morgan fingerprint density at radius 1 is 1.24 bits per heavy atom. The van der Waals surface area contributed by atoms with E-state index in [0.29, 0.717) is 6.61 Å². The van der Waals surface area contributed by atoms with Crippen molar-refractivity contribution in [1.29, 1.82) is 0 Å². The maximum atomic E-state index is 13.7. The van der Waals surface area contributed by atoms with Gasteiger partial charge in [-0.3, -0.25) is 4.79 Å². The average molecular weight is 343 g/mol. The molecule has 1 heterocycles. The molecule has 0 spiro atoms. The number of rotatable bonds is 6. The molecular formula is C20H22FNO3. The molecule has 1 N–H and O–H groups in total. The van der Waals surface area contributed by atoms with E-state index in [1.165, 1.54) is 5.56 Å². The number of alkyl halides is 1. The van der Waals surface area contributed by atoms with Gasteiger partial charge in [0.05, 0.1) is 6.42 Å². The second kappa shape index (κ2) is 7.55. The summed E-state index contributed by atoms with van der Waals surface area (Å²) in [7, 11) is 0. The molecule has 5 heteroatoms. The summed E-state index contributed by atoms with van der Waals surface area (Å²) in [4.78, 5) is 12.8. The fraction of sp³-hybridized carbons (Fsp3) is 0.350. The monoisotopic (exact) mass is 343 g/mol. The summed E-state index contributed by atoms with van der Waals surface area (Å²) in [5.41, 5.74) is 3.14. The molecule has 1 fully saturated rings. The summed E-state index contributed by atoms with van der Waals surface area (Å²) >= 11 is 0. The third-order valence-corrected chi connectivity index (χ3v) is 4.60. The number of hydrogen-bond donors (Lipinski definition) is 1. The van der Waals surface area contributed by atoms with Gasteiger partial charge in [0, 0.05) is 24.7 Å². The molecule has 1 aliphatic rings. The van der Waals surface area contributed by atoms with Crippen LogP contribution in [0.1, 0.15) is 24.0 Å². The van der Waals surface area contributed by atoms with Gasteiger partial charge in [0.1, 0.15) is 18.5 Å². The number of benzene rings is 2. The molecule has 2 atom stereocenters. The third-order valence-electron chi connectivity index (χ3n) is 4.60. The van der Waals surface area contributed by atoms with Gasteiger partial charge in [0.15, 0.2) is 0 Å². The van der Waals surface area contributed by atoms with Crippen LogP contribution in [-0.4, -0.2) is 29.8 Å². The van der Waals surface area contributed by atoms with Gasteiger partial charge in [-0.1, -0.05) is 24.3 Å². The molecule has 2 unspecified atom stereocenters. The van der Waals surface area contributed by atoms with Gasteiger partial charge in [-0.25, -0.2) is 4.39 Å². The highest BCUT2D eigenvalue weighted by Crippen LogP contribution is 2.30. The number of halogens is 1. The SMILES string of the molecule is Cc1ccccc1COc1ccc(N2CC(F)CC2CC(=O)O)cc1. The largest absolute Gasteiger partial charge is 0.489 e. The van der Waals surface area contributed by atoms with Gasteiger partial charge < -0.3 is 14.7 Å². The Morgan fingerprint density at radius 3 is 2.64 bits per heavy atom. The number of carboxylic acid groups (broad SMARTS) is 1. The number of aliphatic carboxylic acids is 1. The lowest BCUT2D eigenvalue weighted by Gasteiger charge is -2.25. The predicted molar refractivity (Wildman–Crippen MR) is 94.9 cm³/mol. The fourth-order valence-corrected chi connectivity index (χ4v) is 3.24. The molecule has 0 amide bonds. The standard InChI is InChI=1S/C20H22FNO3/c1-14-4-2-3-5-15(14)13-25-19-8-6-17(7-9-19)22-12-16(21)10-18(22)11-20(23)24/h2-9,16,18H,10-13H2,1H3,(H,23,24). The van der Waals surface area contributed by atoms with Crippen molar-refractivity contribution in [2.24, 2.45) is 0 Å². The Bertz CT molecular complexity index is 732. The van der Waals surface area contributed by atoms with Gasteiger partial charge in [-0.15, -0.1) is 0 Å². The highest BCUT2D eigenvalue weighted by atomic mass is 19.1. The first-order valence-electron chi connectivity index (χ1n) is 8.43. The first-order valence-corrected chi connectivity index (χ1v) is 8.43. The summed E-state index contributed by atoms with van der Waals surface area (Å²) in [5.74, 6) is -0.167. The molecule has 0 bridgehead atoms. The highest BCUT2D eigenvalue weighted by molar-refractivity contribution is 5.69.